The lowest BCUT2D eigenvalue weighted by Crippen LogP contribution is -2.32. The minimum Gasteiger partial charge on any atom is -0.317 e. The number of amides is 2. The van der Waals surface area contributed by atoms with E-state index >= 15 is 0 Å². The van der Waals surface area contributed by atoms with Crippen LogP contribution in [0.5, 0.6) is 0 Å². The van der Waals surface area contributed by atoms with Gasteiger partial charge >= 0.3 is 0 Å². The van der Waals surface area contributed by atoms with Crippen molar-refractivity contribution in [2.24, 2.45) is 5.10 Å². The van der Waals surface area contributed by atoms with E-state index in [9.17, 15) is 14.0 Å². The van der Waals surface area contributed by atoms with Gasteiger partial charge in [-0.05, 0) is 47.4 Å². The van der Waals surface area contributed by atoms with Crippen LogP contribution >= 0.6 is 11.3 Å². The summed E-state index contributed by atoms with van der Waals surface area (Å²) in [7, 11) is 0. The third-order valence-corrected chi connectivity index (χ3v) is 4.42. The molecule has 0 radical (unpaired) electrons. The molecular formula is C21H16FN3O2S. The summed E-state index contributed by atoms with van der Waals surface area (Å²) in [6, 6.07) is 17.8. The van der Waals surface area contributed by atoms with E-state index in [-0.39, 0.29) is 5.70 Å². The number of halogens is 1. The van der Waals surface area contributed by atoms with Crippen molar-refractivity contribution in [3.05, 3.63) is 99.6 Å². The van der Waals surface area contributed by atoms with Gasteiger partial charge in [0, 0.05) is 10.4 Å². The van der Waals surface area contributed by atoms with Crippen LogP contribution in [0.25, 0.3) is 6.08 Å². The van der Waals surface area contributed by atoms with Crippen LogP contribution in [0.3, 0.4) is 0 Å². The molecule has 2 aromatic carbocycles. The molecule has 0 spiro atoms. The summed E-state index contributed by atoms with van der Waals surface area (Å²) >= 11 is 1.47. The summed E-state index contributed by atoms with van der Waals surface area (Å²) < 4.78 is 13.1. The van der Waals surface area contributed by atoms with Crippen molar-refractivity contribution in [1.82, 2.24) is 10.7 Å². The number of hydrogen-bond acceptors (Lipinski definition) is 4. The van der Waals surface area contributed by atoms with Crippen LogP contribution in [-0.4, -0.2) is 18.0 Å². The molecular weight excluding hydrogens is 377 g/mol. The van der Waals surface area contributed by atoms with Crippen molar-refractivity contribution in [2.75, 3.05) is 0 Å². The fourth-order valence-electron chi connectivity index (χ4n) is 2.25. The molecule has 0 bridgehead atoms. The van der Waals surface area contributed by atoms with Gasteiger partial charge in [0.1, 0.15) is 11.5 Å². The summed E-state index contributed by atoms with van der Waals surface area (Å²) in [4.78, 5) is 25.8. The number of hydrogen-bond donors (Lipinski definition) is 2. The lowest BCUT2D eigenvalue weighted by molar-refractivity contribution is -0.117. The number of carbonyl (C=O) groups excluding carboxylic acids is 2. The zero-order valence-corrected chi connectivity index (χ0v) is 15.4. The molecule has 0 unspecified atom stereocenters. The quantitative estimate of drug-likeness (QED) is 0.380. The molecule has 140 valence electrons. The molecule has 7 heteroatoms. The van der Waals surface area contributed by atoms with Crippen molar-refractivity contribution < 1.29 is 14.0 Å². The number of carbonyl (C=O) groups is 2. The van der Waals surface area contributed by atoms with Crippen LogP contribution in [0.4, 0.5) is 4.39 Å². The first-order chi connectivity index (χ1) is 13.6. The summed E-state index contributed by atoms with van der Waals surface area (Å²) in [5.41, 5.74) is 3.34. The van der Waals surface area contributed by atoms with Crippen molar-refractivity contribution in [3.63, 3.8) is 0 Å². The molecule has 0 saturated carbocycles. The van der Waals surface area contributed by atoms with E-state index in [1.54, 1.807) is 30.3 Å². The van der Waals surface area contributed by atoms with E-state index in [4.69, 9.17) is 0 Å². The maximum atomic E-state index is 13.1. The van der Waals surface area contributed by atoms with Crippen LogP contribution < -0.4 is 10.7 Å². The molecule has 2 amide bonds. The average molecular weight is 393 g/mol. The van der Waals surface area contributed by atoms with Gasteiger partial charge in [-0.3, -0.25) is 9.59 Å². The Labute approximate surface area is 165 Å². The van der Waals surface area contributed by atoms with E-state index in [0.29, 0.717) is 11.1 Å². The molecule has 3 rings (SSSR count). The van der Waals surface area contributed by atoms with Crippen molar-refractivity contribution >= 4 is 35.4 Å². The highest BCUT2D eigenvalue weighted by molar-refractivity contribution is 7.11. The Kier molecular flexibility index (Phi) is 6.43. The fraction of sp³-hybridized carbons (Fsp3) is 0. The van der Waals surface area contributed by atoms with E-state index in [1.807, 2.05) is 17.5 Å². The fourth-order valence-corrected chi connectivity index (χ4v) is 2.83. The minimum atomic E-state index is -0.596. The maximum Gasteiger partial charge on any atom is 0.287 e. The first-order valence-electron chi connectivity index (χ1n) is 8.32. The van der Waals surface area contributed by atoms with Crippen molar-refractivity contribution in [2.45, 2.75) is 0 Å². The molecule has 0 aliphatic rings. The van der Waals surface area contributed by atoms with Crippen LogP contribution in [0.1, 0.15) is 20.8 Å². The lowest BCUT2D eigenvalue weighted by Gasteiger charge is -2.09. The number of benzene rings is 2. The molecule has 0 aliphatic carbocycles. The Balaban J connectivity index is 1.79. The molecule has 0 saturated heterocycles. The lowest BCUT2D eigenvalue weighted by atomic mass is 10.1. The molecule has 2 N–H and O–H groups in total. The third kappa shape index (κ3) is 5.46. The molecule has 3 aromatic rings. The van der Waals surface area contributed by atoms with E-state index in [1.165, 1.54) is 47.9 Å². The van der Waals surface area contributed by atoms with E-state index < -0.39 is 17.6 Å². The molecule has 28 heavy (non-hydrogen) atoms. The normalized spacial score (nSPS) is 11.4. The second-order valence-corrected chi connectivity index (χ2v) is 6.62. The Morgan fingerprint density at radius 2 is 1.71 bits per heavy atom. The molecule has 1 heterocycles. The predicted molar refractivity (Wildman–Crippen MR) is 108 cm³/mol. The number of nitrogens with one attached hydrogen (secondary N) is 2. The topological polar surface area (TPSA) is 70.6 Å². The molecule has 0 fully saturated rings. The van der Waals surface area contributed by atoms with Gasteiger partial charge in [0.25, 0.3) is 11.8 Å². The SMILES string of the molecule is O=C(NN=Cc1cccs1)C(=Cc1ccc(F)cc1)NC(=O)c1ccccc1. The second kappa shape index (κ2) is 9.38. The predicted octanol–water partition coefficient (Wildman–Crippen LogP) is 3.81. The zero-order valence-electron chi connectivity index (χ0n) is 14.6. The van der Waals surface area contributed by atoms with Crippen molar-refractivity contribution in [1.29, 1.82) is 0 Å². The van der Waals surface area contributed by atoms with Gasteiger partial charge in [0.2, 0.25) is 0 Å². The highest BCUT2D eigenvalue weighted by atomic mass is 32.1. The number of thiophene rings is 1. The summed E-state index contributed by atoms with van der Waals surface area (Å²) in [6.07, 6.45) is 2.97. The van der Waals surface area contributed by atoms with Gasteiger partial charge in [0.15, 0.2) is 0 Å². The van der Waals surface area contributed by atoms with Gasteiger partial charge in [-0.25, -0.2) is 9.82 Å². The third-order valence-electron chi connectivity index (χ3n) is 3.61. The molecule has 5 nitrogen and oxygen atoms in total. The summed E-state index contributed by atoms with van der Waals surface area (Å²) in [6.45, 7) is 0. The number of hydrazone groups is 1. The molecule has 0 atom stereocenters. The largest absolute Gasteiger partial charge is 0.317 e. The smallest absolute Gasteiger partial charge is 0.287 e. The van der Waals surface area contributed by atoms with E-state index in [2.05, 4.69) is 15.8 Å². The van der Waals surface area contributed by atoms with Crippen molar-refractivity contribution in [3.8, 4) is 0 Å². The van der Waals surface area contributed by atoms with Gasteiger partial charge < -0.3 is 5.32 Å². The van der Waals surface area contributed by atoms with Gasteiger partial charge in [-0.1, -0.05) is 36.4 Å². The highest BCUT2D eigenvalue weighted by Crippen LogP contribution is 2.09. The van der Waals surface area contributed by atoms with Crippen LogP contribution in [0.2, 0.25) is 0 Å². The summed E-state index contributed by atoms with van der Waals surface area (Å²) in [5, 5.41) is 8.38. The van der Waals surface area contributed by atoms with Gasteiger partial charge in [0.05, 0.1) is 6.21 Å². The molecule has 1 aromatic heterocycles. The monoisotopic (exact) mass is 393 g/mol. The average Bonchev–Trinajstić information content (AvgIpc) is 3.23. The second-order valence-electron chi connectivity index (χ2n) is 5.64. The zero-order chi connectivity index (χ0) is 19.8. The van der Waals surface area contributed by atoms with Crippen LogP contribution in [0.15, 0.2) is 82.9 Å². The Hall–Kier alpha value is -3.58. The minimum absolute atomic E-state index is 0.0104. The van der Waals surface area contributed by atoms with Crippen LogP contribution in [0, 0.1) is 5.82 Å². The highest BCUT2D eigenvalue weighted by Gasteiger charge is 2.14. The first-order valence-corrected chi connectivity index (χ1v) is 9.20. The maximum absolute atomic E-state index is 13.1. The number of nitrogens with zero attached hydrogens (tertiary/aromatic N) is 1. The Bertz CT molecular complexity index is 998. The summed E-state index contributed by atoms with van der Waals surface area (Å²) in [5.74, 6) is -1.43. The first kappa shape index (κ1) is 19.2. The van der Waals surface area contributed by atoms with Gasteiger partial charge in [-0.15, -0.1) is 11.3 Å². The van der Waals surface area contributed by atoms with Crippen LogP contribution in [-0.2, 0) is 4.79 Å². The van der Waals surface area contributed by atoms with Gasteiger partial charge in [-0.2, -0.15) is 5.10 Å². The Morgan fingerprint density at radius 1 is 0.964 bits per heavy atom. The molecule has 0 aliphatic heterocycles. The van der Waals surface area contributed by atoms with E-state index in [0.717, 1.165) is 4.88 Å². The standard InChI is InChI=1S/C21H16FN3O2S/c22-17-10-8-15(9-11-17)13-19(24-20(26)16-5-2-1-3-6-16)21(27)25-23-14-18-7-4-12-28-18/h1-14H,(H,24,26)(H,25,27). The Morgan fingerprint density at radius 3 is 2.39 bits per heavy atom. The number of rotatable bonds is 6.